The minimum absolute atomic E-state index is 0.600. The number of aliphatic carboxylic acids is 1. The largest absolute Gasteiger partial charge is 0.480 e. The lowest BCUT2D eigenvalue weighted by atomic mass is 9.88. The van der Waals surface area contributed by atoms with Crippen molar-refractivity contribution >= 4 is 5.97 Å². The van der Waals surface area contributed by atoms with Crippen LogP contribution in [0.2, 0.25) is 0 Å². The van der Waals surface area contributed by atoms with Crippen molar-refractivity contribution in [3.63, 3.8) is 0 Å². The number of hydrogen-bond donors (Lipinski definition) is 2. The number of carboxylic acid groups (broad SMARTS) is 1. The van der Waals surface area contributed by atoms with Gasteiger partial charge in [-0.25, -0.2) is 0 Å². The van der Waals surface area contributed by atoms with Crippen LogP contribution >= 0.6 is 0 Å². The van der Waals surface area contributed by atoms with E-state index < -0.39 is 11.5 Å². The third kappa shape index (κ3) is 4.61. The maximum absolute atomic E-state index is 11.0. The Hall–Kier alpha value is -0.570. The highest BCUT2D eigenvalue weighted by molar-refractivity contribution is 5.78. The molecular formula is C11H23NO2. The van der Waals surface area contributed by atoms with E-state index in [9.17, 15) is 4.79 Å². The summed E-state index contributed by atoms with van der Waals surface area (Å²) in [5.74, 6) is -0.845. The van der Waals surface area contributed by atoms with Gasteiger partial charge in [-0.1, -0.05) is 46.0 Å². The highest BCUT2D eigenvalue weighted by Gasteiger charge is 2.32. The van der Waals surface area contributed by atoms with Gasteiger partial charge in [0.2, 0.25) is 0 Å². The zero-order valence-corrected chi connectivity index (χ0v) is 9.38. The van der Waals surface area contributed by atoms with Crippen LogP contribution in [-0.4, -0.2) is 16.6 Å². The van der Waals surface area contributed by atoms with Gasteiger partial charge in [0.25, 0.3) is 0 Å². The molecule has 3 nitrogen and oxygen atoms in total. The molecule has 0 aromatic heterocycles. The normalized spacial score (nSPS) is 15.1. The van der Waals surface area contributed by atoms with Gasteiger partial charge < -0.3 is 10.8 Å². The topological polar surface area (TPSA) is 63.3 Å². The van der Waals surface area contributed by atoms with Crippen LogP contribution in [0.5, 0.6) is 0 Å². The monoisotopic (exact) mass is 201 g/mol. The third-order valence-corrected chi connectivity index (χ3v) is 2.63. The van der Waals surface area contributed by atoms with Crippen LogP contribution in [0.1, 0.15) is 58.8 Å². The molecule has 0 aliphatic carbocycles. The van der Waals surface area contributed by atoms with E-state index >= 15 is 0 Å². The van der Waals surface area contributed by atoms with Crippen LogP contribution in [-0.2, 0) is 4.79 Å². The average molecular weight is 201 g/mol. The SMILES string of the molecule is CCCCCC(N)(CCCC)C(=O)O. The fourth-order valence-corrected chi connectivity index (χ4v) is 1.52. The van der Waals surface area contributed by atoms with Crippen molar-refractivity contribution in [3.05, 3.63) is 0 Å². The van der Waals surface area contributed by atoms with Gasteiger partial charge in [-0.2, -0.15) is 0 Å². The fraction of sp³-hybridized carbons (Fsp3) is 0.909. The molecule has 3 heteroatoms. The average Bonchev–Trinajstić information content (AvgIpc) is 2.15. The Morgan fingerprint density at radius 2 is 1.64 bits per heavy atom. The first-order chi connectivity index (χ1) is 6.56. The highest BCUT2D eigenvalue weighted by Crippen LogP contribution is 2.19. The lowest BCUT2D eigenvalue weighted by Gasteiger charge is -2.24. The molecule has 3 N–H and O–H groups in total. The molecule has 0 fully saturated rings. The molecule has 0 aromatic rings. The summed E-state index contributed by atoms with van der Waals surface area (Å²) >= 11 is 0. The molecule has 0 aliphatic heterocycles. The van der Waals surface area contributed by atoms with Gasteiger partial charge in [-0.15, -0.1) is 0 Å². The number of unbranched alkanes of at least 4 members (excludes halogenated alkanes) is 3. The molecule has 0 aromatic carbocycles. The maximum Gasteiger partial charge on any atom is 0.323 e. The van der Waals surface area contributed by atoms with Crippen LogP contribution in [0.25, 0.3) is 0 Å². The van der Waals surface area contributed by atoms with Crippen LogP contribution in [0.15, 0.2) is 0 Å². The van der Waals surface area contributed by atoms with E-state index in [0.29, 0.717) is 12.8 Å². The van der Waals surface area contributed by atoms with Crippen molar-refractivity contribution in [2.24, 2.45) is 5.73 Å². The van der Waals surface area contributed by atoms with Gasteiger partial charge in [0.1, 0.15) is 5.54 Å². The number of nitrogens with two attached hydrogens (primary N) is 1. The summed E-state index contributed by atoms with van der Waals surface area (Å²) in [6.45, 7) is 4.15. The van der Waals surface area contributed by atoms with E-state index in [-0.39, 0.29) is 0 Å². The number of hydrogen-bond acceptors (Lipinski definition) is 2. The number of rotatable bonds is 8. The molecule has 0 amide bonds. The fourth-order valence-electron chi connectivity index (χ4n) is 1.52. The Morgan fingerprint density at radius 3 is 2.07 bits per heavy atom. The Bertz CT molecular complexity index is 171. The molecule has 0 bridgehead atoms. The minimum atomic E-state index is -0.981. The predicted octanol–water partition coefficient (Wildman–Crippen LogP) is 2.54. The van der Waals surface area contributed by atoms with Gasteiger partial charge in [0.05, 0.1) is 0 Å². The molecule has 1 unspecified atom stereocenters. The smallest absolute Gasteiger partial charge is 0.323 e. The molecule has 0 saturated heterocycles. The molecule has 0 saturated carbocycles. The van der Waals surface area contributed by atoms with E-state index in [1.165, 1.54) is 0 Å². The maximum atomic E-state index is 11.0. The van der Waals surface area contributed by atoms with Gasteiger partial charge in [0.15, 0.2) is 0 Å². The molecule has 0 heterocycles. The Morgan fingerprint density at radius 1 is 1.14 bits per heavy atom. The Kier molecular flexibility index (Phi) is 6.54. The lowest BCUT2D eigenvalue weighted by molar-refractivity contribution is -0.144. The number of carbonyl (C=O) groups is 1. The van der Waals surface area contributed by atoms with E-state index in [0.717, 1.165) is 32.1 Å². The second kappa shape index (κ2) is 6.82. The second-order valence-corrected chi connectivity index (χ2v) is 4.02. The van der Waals surface area contributed by atoms with E-state index in [2.05, 4.69) is 6.92 Å². The van der Waals surface area contributed by atoms with Gasteiger partial charge >= 0.3 is 5.97 Å². The predicted molar refractivity (Wildman–Crippen MR) is 58.2 cm³/mol. The summed E-state index contributed by atoms with van der Waals surface area (Å²) in [6.07, 6.45) is 6.19. The summed E-state index contributed by atoms with van der Waals surface area (Å²) in [7, 11) is 0. The van der Waals surface area contributed by atoms with Gasteiger partial charge in [-0.05, 0) is 12.8 Å². The third-order valence-electron chi connectivity index (χ3n) is 2.63. The Labute approximate surface area is 86.7 Å². The van der Waals surface area contributed by atoms with Crippen molar-refractivity contribution in [1.29, 1.82) is 0 Å². The van der Waals surface area contributed by atoms with Crippen molar-refractivity contribution in [2.75, 3.05) is 0 Å². The van der Waals surface area contributed by atoms with Crippen molar-refractivity contribution in [3.8, 4) is 0 Å². The first kappa shape index (κ1) is 13.4. The van der Waals surface area contributed by atoms with E-state index in [4.69, 9.17) is 10.8 Å². The molecule has 14 heavy (non-hydrogen) atoms. The summed E-state index contributed by atoms with van der Waals surface area (Å²) in [6, 6.07) is 0. The molecule has 0 radical (unpaired) electrons. The molecule has 84 valence electrons. The Balaban J connectivity index is 4.03. The van der Waals surface area contributed by atoms with Crippen molar-refractivity contribution in [1.82, 2.24) is 0 Å². The standard InChI is InChI=1S/C11H23NO2/c1-3-5-7-9-11(12,10(13)14)8-6-4-2/h3-9,12H2,1-2H3,(H,13,14). The number of carboxylic acids is 1. The van der Waals surface area contributed by atoms with Crippen LogP contribution in [0, 0.1) is 0 Å². The molecular weight excluding hydrogens is 178 g/mol. The van der Waals surface area contributed by atoms with Crippen LogP contribution in [0.4, 0.5) is 0 Å². The summed E-state index contributed by atoms with van der Waals surface area (Å²) < 4.78 is 0. The van der Waals surface area contributed by atoms with Gasteiger partial charge in [-0.3, -0.25) is 4.79 Å². The first-order valence-corrected chi connectivity index (χ1v) is 5.59. The minimum Gasteiger partial charge on any atom is -0.480 e. The lowest BCUT2D eigenvalue weighted by Crippen LogP contribution is -2.47. The van der Waals surface area contributed by atoms with Crippen molar-refractivity contribution < 1.29 is 9.90 Å². The first-order valence-electron chi connectivity index (χ1n) is 5.59. The van der Waals surface area contributed by atoms with E-state index in [1.54, 1.807) is 0 Å². The zero-order chi connectivity index (χ0) is 11.0. The molecule has 1 atom stereocenters. The van der Waals surface area contributed by atoms with Gasteiger partial charge in [0, 0.05) is 0 Å². The summed E-state index contributed by atoms with van der Waals surface area (Å²) in [5.41, 5.74) is 4.89. The van der Waals surface area contributed by atoms with Crippen molar-refractivity contribution in [2.45, 2.75) is 64.3 Å². The van der Waals surface area contributed by atoms with Crippen LogP contribution < -0.4 is 5.73 Å². The summed E-state index contributed by atoms with van der Waals surface area (Å²) in [5, 5.41) is 9.03. The van der Waals surface area contributed by atoms with Crippen LogP contribution in [0.3, 0.4) is 0 Å². The molecule has 0 aliphatic rings. The second-order valence-electron chi connectivity index (χ2n) is 4.02. The molecule has 0 spiro atoms. The highest BCUT2D eigenvalue weighted by atomic mass is 16.4. The zero-order valence-electron chi connectivity index (χ0n) is 9.38. The van der Waals surface area contributed by atoms with E-state index in [1.807, 2.05) is 6.92 Å². The quantitative estimate of drug-likeness (QED) is 0.593. The molecule has 0 rings (SSSR count). The summed E-state index contributed by atoms with van der Waals surface area (Å²) in [4.78, 5) is 11.0.